The van der Waals surface area contributed by atoms with Crippen molar-refractivity contribution in [3.63, 3.8) is 0 Å². The molecule has 0 atom stereocenters. The van der Waals surface area contributed by atoms with E-state index in [9.17, 15) is 9.59 Å². The van der Waals surface area contributed by atoms with E-state index in [4.69, 9.17) is 17.0 Å². The van der Waals surface area contributed by atoms with E-state index in [1.165, 1.54) is 17.1 Å². The van der Waals surface area contributed by atoms with Gasteiger partial charge in [0.05, 0.1) is 11.2 Å². The van der Waals surface area contributed by atoms with Gasteiger partial charge in [-0.2, -0.15) is 5.10 Å². The van der Waals surface area contributed by atoms with Crippen molar-refractivity contribution in [2.24, 2.45) is 7.05 Å². The van der Waals surface area contributed by atoms with E-state index < -0.39 is 11.8 Å². The first-order chi connectivity index (χ1) is 13.3. The Morgan fingerprint density at radius 2 is 1.68 bits per heavy atom. The zero-order valence-electron chi connectivity index (χ0n) is 15.2. The van der Waals surface area contributed by atoms with Crippen LogP contribution >= 0.6 is 11.6 Å². The number of halogens is 1. The molecule has 0 saturated heterocycles. The molecule has 0 aliphatic rings. The highest BCUT2D eigenvalue weighted by Crippen LogP contribution is 2.18. The van der Waals surface area contributed by atoms with E-state index in [1.54, 1.807) is 50.4 Å². The van der Waals surface area contributed by atoms with E-state index >= 15 is 0 Å². The van der Waals surface area contributed by atoms with Crippen molar-refractivity contribution in [3.8, 4) is 0 Å². The summed E-state index contributed by atoms with van der Waals surface area (Å²) in [5.41, 5.74) is 1.73. The van der Waals surface area contributed by atoms with Crippen molar-refractivity contribution < 1.29 is 9.59 Å². The number of pyridine rings is 1. The normalized spacial score (nSPS) is 10.4. The van der Waals surface area contributed by atoms with E-state index in [0.29, 0.717) is 22.1 Å². The second-order valence-corrected chi connectivity index (χ2v) is 6.44. The minimum atomic E-state index is -0.465. The maximum absolute atomic E-state index is 12.6. The topological polar surface area (TPSA) is 113 Å². The largest absolute Gasteiger partial charge is 0.306 e. The van der Waals surface area contributed by atoms with Gasteiger partial charge in [0.25, 0.3) is 11.8 Å². The summed E-state index contributed by atoms with van der Waals surface area (Å²) >= 11 is 5.79. The first-order valence-electron chi connectivity index (χ1n) is 8.27. The molecule has 1 aromatic carbocycles. The minimum Gasteiger partial charge on any atom is -0.306 e. The van der Waals surface area contributed by atoms with Gasteiger partial charge in [-0.15, -0.1) is 0 Å². The highest BCUT2D eigenvalue weighted by atomic mass is 35.5. The number of nitrogens with zero attached hydrogens (tertiary/aromatic N) is 3. The average Bonchev–Trinajstić information content (AvgIpc) is 3.04. The number of carbonyl (C=O) groups is 2. The van der Waals surface area contributed by atoms with Crippen molar-refractivity contribution in [2.45, 2.75) is 6.92 Å². The number of nitrogens with one attached hydrogen (secondary N) is 3. The van der Waals surface area contributed by atoms with Crippen LogP contribution in [0.15, 0.2) is 48.8 Å². The third-order valence-corrected chi connectivity index (χ3v) is 4.19. The Morgan fingerprint density at radius 1 is 1.00 bits per heavy atom. The lowest BCUT2D eigenvalue weighted by atomic mass is 10.1. The van der Waals surface area contributed by atoms with Crippen LogP contribution in [-0.4, -0.2) is 32.3 Å². The van der Waals surface area contributed by atoms with E-state index in [2.05, 4.69) is 20.7 Å². The van der Waals surface area contributed by atoms with Crippen molar-refractivity contribution >= 4 is 40.8 Å². The van der Waals surface area contributed by atoms with Crippen LogP contribution in [0.1, 0.15) is 33.2 Å². The van der Waals surface area contributed by atoms with E-state index in [0.717, 1.165) is 5.56 Å². The molecule has 0 bridgehead atoms. The number of rotatable bonds is 5. The third-order valence-electron chi connectivity index (χ3n) is 3.96. The van der Waals surface area contributed by atoms with Crippen LogP contribution in [0.4, 0.5) is 11.6 Å². The van der Waals surface area contributed by atoms with Gasteiger partial charge in [0.2, 0.25) is 0 Å². The lowest BCUT2D eigenvalue weighted by molar-refractivity contribution is 0.102. The molecule has 0 spiro atoms. The average molecular weight is 397 g/mol. The molecule has 8 nitrogen and oxygen atoms in total. The van der Waals surface area contributed by atoms with Crippen molar-refractivity contribution in [1.82, 2.24) is 14.8 Å². The van der Waals surface area contributed by atoms with Gasteiger partial charge in [-0.25, -0.2) is 4.98 Å². The number of hydrogen-bond acceptors (Lipinski definition) is 5. The lowest BCUT2D eigenvalue weighted by Crippen LogP contribution is -2.19. The number of anilines is 2. The molecule has 0 unspecified atom stereocenters. The van der Waals surface area contributed by atoms with Crippen LogP contribution in [-0.2, 0) is 7.05 Å². The predicted octanol–water partition coefficient (Wildman–Crippen LogP) is 3.36. The molecule has 9 heteroatoms. The SMILES string of the molecule is CC(=N)c1ccc(C(=O)Nc2c(C(=O)Nc3ccc(Cl)cn3)cnn2C)cc1. The third kappa shape index (κ3) is 4.24. The molecule has 0 saturated carbocycles. The molecule has 2 amide bonds. The smallest absolute Gasteiger partial charge is 0.262 e. The van der Waals surface area contributed by atoms with Gasteiger partial charge in [-0.3, -0.25) is 14.3 Å². The first-order valence-corrected chi connectivity index (χ1v) is 8.65. The number of hydrogen-bond donors (Lipinski definition) is 3. The molecule has 3 aromatic rings. The van der Waals surface area contributed by atoms with Gasteiger partial charge in [0.1, 0.15) is 17.2 Å². The molecule has 0 fully saturated rings. The summed E-state index contributed by atoms with van der Waals surface area (Å²) in [5.74, 6) is -0.277. The summed E-state index contributed by atoms with van der Waals surface area (Å²) in [6.45, 7) is 1.67. The highest BCUT2D eigenvalue weighted by molar-refractivity contribution is 6.30. The molecule has 3 N–H and O–H groups in total. The quantitative estimate of drug-likeness (QED) is 0.574. The summed E-state index contributed by atoms with van der Waals surface area (Å²) in [7, 11) is 1.62. The fraction of sp³-hybridized carbons (Fsp3) is 0.105. The summed E-state index contributed by atoms with van der Waals surface area (Å²) in [6.07, 6.45) is 2.78. The molecule has 2 heterocycles. The molecule has 142 valence electrons. The second kappa shape index (κ2) is 8.01. The fourth-order valence-electron chi connectivity index (χ4n) is 2.44. The zero-order chi connectivity index (χ0) is 20.3. The molecule has 28 heavy (non-hydrogen) atoms. The van der Waals surface area contributed by atoms with Crippen LogP contribution in [0, 0.1) is 5.41 Å². The van der Waals surface area contributed by atoms with Crippen LogP contribution < -0.4 is 10.6 Å². The van der Waals surface area contributed by atoms with E-state index in [1.807, 2.05) is 0 Å². The molecular weight excluding hydrogens is 380 g/mol. The molecule has 2 aromatic heterocycles. The molecule has 0 aliphatic carbocycles. The Labute approximate surface area is 166 Å². The minimum absolute atomic E-state index is 0.194. The highest BCUT2D eigenvalue weighted by Gasteiger charge is 2.19. The summed E-state index contributed by atoms with van der Waals surface area (Å²) in [6, 6.07) is 9.81. The number of amides is 2. The molecular formula is C19H17ClN6O2. The Kier molecular flexibility index (Phi) is 5.51. The number of aryl methyl sites for hydroxylation is 1. The van der Waals surface area contributed by atoms with Gasteiger partial charge in [0, 0.05) is 24.5 Å². The number of aromatic nitrogens is 3. The summed E-state index contributed by atoms with van der Waals surface area (Å²) in [5, 5.41) is 17.5. The first kappa shape index (κ1) is 19.2. The van der Waals surface area contributed by atoms with E-state index in [-0.39, 0.29) is 11.4 Å². The monoisotopic (exact) mass is 396 g/mol. The van der Waals surface area contributed by atoms with Crippen molar-refractivity contribution in [2.75, 3.05) is 10.6 Å². The zero-order valence-corrected chi connectivity index (χ0v) is 15.9. The maximum Gasteiger partial charge on any atom is 0.262 e. The standard InChI is InChI=1S/C19H17ClN6O2/c1-11(21)12-3-5-13(6-4-12)18(27)25-17-15(10-23-26(17)2)19(28)24-16-8-7-14(20)9-22-16/h3-10,21H,1-2H3,(H,25,27)(H,22,24,28). The predicted molar refractivity (Wildman–Crippen MR) is 107 cm³/mol. The van der Waals surface area contributed by atoms with Gasteiger partial charge < -0.3 is 16.0 Å². The molecule has 3 rings (SSSR count). The van der Waals surface area contributed by atoms with Gasteiger partial charge >= 0.3 is 0 Å². The number of carbonyl (C=O) groups excluding carboxylic acids is 2. The van der Waals surface area contributed by atoms with Gasteiger partial charge in [-0.1, -0.05) is 23.7 Å². The number of benzene rings is 1. The Bertz CT molecular complexity index is 1040. The Hall–Kier alpha value is -3.52. The van der Waals surface area contributed by atoms with Crippen LogP contribution in [0.25, 0.3) is 0 Å². The van der Waals surface area contributed by atoms with Crippen LogP contribution in [0.2, 0.25) is 5.02 Å². The van der Waals surface area contributed by atoms with Crippen molar-refractivity contribution in [1.29, 1.82) is 5.41 Å². The van der Waals surface area contributed by atoms with Crippen LogP contribution in [0.3, 0.4) is 0 Å². The summed E-state index contributed by atoms with van der Waals surface area (Å²) in [4.78, 5) is 29.1. The molecule has 0 aliphatic heterocycles. The second-order valence-electron chi connectivity index (χ2n) is 6.00. The lowest BCUT2D eigenvalue weighted by Gasteiger charge is -2.09. The van der Waals surface area contributed by atoms with Crippen molar-refractivity contribution in [3.05, 3.63) is 70.5 Å². The molecule has 0 radical (unpaired) electrons. The van der Waals surface area contributed by atoms with Gasteiger partial charge in [-0.05, 0) is 36.8 Å². The fourth-order valence-corrected chi connectivity index (χ4v) is 2.55. The Balaban J connectivity index is 1.78. The van der Waals surface area contributed by atoms with Crippen LogP contribution in [0.5, 0.6) is 0 Å². The summed E-state index contributed by atoms with van der Waals surface area (Å²) < 4.78 is 1.40. The Morgan fingerprint density at radius 3 is 2.29 bits per heavy atom. The van der Waals surface area contributed by atoms with Gasteiger partial charge in [0.15, 0.2) is 0 Å². The maximum atomic E-state index is 12.6.